The third-order valence-electron chi connectivity index (χ3n) is 1.89. The number of hydrogen-bond acceptors (Lipinski definition) is 2. The van der Waals surface area contributed by atoms with Gasteiger partial charge in [-0.15, -0.1) is 0 Å². The van der Waals surface area contributed by atoms with Gasteiger partial charge < -0.3 is 5.11 Å². The van der Waals surface area contributed by atoms with Crippen molar-refractivity contribution in [2.24, 2.45) is 0 Å². The van der Waals surface area contributed by atoms with Gasteiger partial charge in [0, 0.05) is 17.6 Å². The molecule has 3 nitrogen and oxygen atoms in total. The summed E-state index contributed by atoms with van der Waals surface area (Å²) < 4.78 is 12.7. The van der Waals surface area contributed by atoms with Crippen LogP contribution in [0, 0.1) is 5.82 Å². The van der Waals surface area contributed by atoms with Gasteiger partial charge in [-0.3, -0.25) is 4.98 Å². The number of halogens is 1. The van der Waals surface area contributed by atoms with Crippen LogP contribution in [-0.2, 0) is 0 Å². The number of aromatic carboxylic acids is 1. The van der Waals surface area contributed by atoms with Crippen molar-refractivity contribution in [1.29, 1.82) is 0 Å². The average molecular weight is 191 g/mol. The highest BCUT2D eigenvalue weighted by Crippen LogP contribution is 2.14. The van der Waals surface area contributed by atoms with Gasteiger partial charge in [0.1, 0.15) is 5.82 Å². The number of pyridine rings is 1. The molecule has 0 atom stereocenters. The van der Waals surface area contributed by atoms with E-state index < -0.39 is 5.97 Å². The van der Waals surface area contributed by atoms with Crippen LogP contribution in [0.5, 0.6) is 0 Å². The molecule has 14 heavy (non-hydrogen) atoms. The normalized spacial score (nSPS) is 10.4. The Morgan fingerprint density at radius 3 is 2.86 bits per heavy atom. The van der Waals surface area contributed by atoms with E-state index in [1.54, 1.807) is 0 Å². The minimum absolute atomic E-state index is 0.101. The highest BCUT2D eigenvalue weighted by atomic mass is 19.1. The predicted molar refractivity (Wildman–Crippen MR) is 48.7 cm³/mol. The molecule has 0 unspecified atom stereocenters. The number of nitrogens with zero attached hydrogens (tertiary/aromatic N) is 1. The van der Waals surface area contributed by atoms with Crippen molar-refractivity contribution in [3.63, 3.8) is 0 Å². The van der Waals surface area contributed by atoms with Gasteiger partial charge >= 0.3 is 5.97 Å². The second-order valence-corrected chi connectivity index (χ2v) is 2.87. The van der Waals surface area contributed by atoms with Crippen molar-refractivity contribution < 1.29 is 14.3 Å². The van der Waals surface area contributed by atoms with Crippen LogP contribution >= 0.6 is 0 Å². The summed E-state index contributed by atoms with van der Waals surface area (Å²) in [5.74, 6) is -1.42. The van der Waals surface area contributed by atoms with Crippen molar-refractivity contribution in [3.8, 4) is 0 Å². The van der Waals surface area contributed by atoms with Gasteiger partial charge in [0.15, 0.2) is 0 Å². The number of carboxylic acids is 1. The Balaban J connectivity index is 2.67. The number of carboxylic acid groups (broad SMARTS) is 1. The quantitative estimate of drug-likeness (QED) is 0.750. The van der Waals surface area contributed by atoms with E-state index in [0.717, 1.165) is 0 Å². The van der Waals surface area contributed by atoms with Crippen molar-refractivity contribution in [3.05, 3.63) is 41.8 Å². The first-order chi connectivity index (χ1) is 6.66. The number of hydrogen-bond donors (Lipinski definition) is 1. The first-order valence-electron chi connectivity index (χ1n) is 3.95. The minimum atomic E-state index is -1.04. The molecule has 0 radical (unpaired) electrons. The summed E-state index contributed by atoms with van der Waals surface area (Å²) in [5, 5.41) is 9.30. The molecule has 0 saturated carbocycles. The zero-order valence-electron chi connectivity index (χ0n) is 7.07. The van der Waals surface area contributed by atoms with Gasteiger partial charge in [0.05, 0.1) is 11.1 Å². The summed E-state index contributed by atoms with van der Waals surface area (Å²) in [7, 11) is 0. The number of rotatable bonds is 1. The maximum Gasteiger partial charge on any atom is 0.337 e. The summed E-state index contributed by atoms with van der Waals surface area (Å²) in [6.07, 6.45) is 1.21. The van der Waals surface area contributed by atoms with E-state index in [0.29, 0.717) is 10.9 Å². The SMILES string of the molecule is O=C(O)c1cnc2cc(F)ccc2c1. The molecule has 0 aliphatic carbocycles. The fourth-order valence-electron chi connectivity index (χ4n) is 1.21. The van der Waals surface area contributed by atoms with Crippen LogP contribution < -0.4 is 0 Å². The second kappa shape index (κ2) is 3.06. The summed E-state index contributed by atoms with van der Waals surface area (Å²) in [4.78, 5) is 14.4. The molecule has 0 amide bonds. The largest absolute Gasteiger partial charge is 0.478 e. The van der Waals surface area contributed by atoms with Crippen molar-refractivity contribution >= 4 is 16.9 Å². The zero-order valence-corrected chi connectivity index (χ0v) is 7.07. The van der Waals surface area contributed by atoms with Gasteiger partial charge in [-0.2, -0.15) is 0 Å². The summed E-state index contributed by atoms with van der Waals surface area (Å²) in [5.41, 5.74) is 0.555. The molecule has 0 saturated heterocycles. The van der Waals surface area contributed by atoms with Crippen LogP contribution in [-0.4, -0.2) is 16.1 Å². The van der Waals surface area contributed by atoms with Crippen LogP contribution in [0.3, 0.4) is 0 Å². The summed E-state index contributed by atoms with van der Waals surface area (Å²) in [6.45, 7) is 0. The van der Waals surface area contributed by atoms with E-state index in [1.807, 2.05) is 0 Å². The highest BCUT2D eigenvalue weighted by Gasteiger charge is 2.04. The van der Waals surface area contributed by atoms with Gasteiger partial charge in [-0.25, -0.2) is 9.18 Å². The van der Waals surface area contributed by atoms with E-state index >= 15 is 0 Å². The fraction of sp³-hybridized carbons (Fsp3) is 0. The van der Waals surface area contributed by atoms with Gasteiger partial charge in [-0.05, 0) is 18.2 Å². The Hall–Kier alpha value is -1.97. The first kappa shape index (κ1) is 8.62. The van der Waals surface area contributed by atoms with E-state index in [1.165, 1.54) is 30.5 Å². The molecule has 1 N–H and O–H groups in total. The second-order valence-electron chi connectivity index (χ2n) is 2.87. The molecule has 1 heterocycles. The van der Waals surface area contributed by atoms with E-state index in [9.17, 15) is 9.18 Å². The molecule has 1 aromatic carbocycles. The van der Waals surface area contributed by atoms with E-state index in [2.05, 4.69) is 4.98 Å². The molecule has 0 aliphatic rings. The van der Waals surface area contributed by atoms with Crippen LogP contribution in [0.4, 0.5) is 4.39 Å². The topological polar surface area (TPSA) is 50.2 Å². The Bertz CT molecular complexity index is 510. The summed E-state index contributed by atoms with van der Waals surface area (Å²) >= 11 is 0. The Labute approximate surface area is 78.8 Å². The molecule has 0 bridgehead atoms. The van der Waals surface area contributed by atoms with Crippen LogP contribution in [0.15, 0.2) is 30.5 Å². The number of carbonyl (C=O) groups is 1. The first-order valence-corrected chi connectivity index (χ1v) is 3.95. The molecular formula is C10H6FNO2. The molecule has 0 aliphatic heterocycles. The molecule has 70 valence electrons. The van der Waals surface area contributed by atoms with Crippen molar-refractivity contribution in [2.45, 2.75) is 0 Å². The Morgan fingerprint density at radius 1 is 1.36 bits per heavy atom. The molecular weight excluding hydrogens is 185 g/mol. The molecule has 4 heteroatoms. The lowest BCUT2D eigenvalue weighted by molar-refractivity contribution is 0.0696. The zero-order chi connectivity index (χ0) is 10.1. The van der Waals surface area contributed by atoms with Crippen LogP contribution in [0.25, 0.3) is 10.9 Å². The Morgan fingerprint density at radius 2 is 2.14 bits per heavy atom. The predicted octanol–water partition coefficient (Wildman–Crippen LogP) is 2.07. The van der Waals surface area contributed by atoms with Crippen molar-refractivity contribution in [1.82, 2.24) is 4.98 Å². The molecule has 1 aromatic heterocycles. The molecule has 2 aromatic rings. The standard InChI is InChI=1S/C10H6FNO2/c11-8-2-1-6-3-7(10(13)14)5-12-9(6)4-8/h1-5H,(H,13,14). The number of benzene rings is 1. The molecule has 0 fully saturated rings. The third kappa shape index (κ3) is 1.42. The lowest BCUT2D eigenvalue weighted by Crippen LogP contribution is -1.96. The smallest absolute Gasteiger partial charge is 0.337 e. The number of fused-ring (bicyclic) bond motifs is 1. The minimum Gasteiger partial charge on any atom is -0.478 e. The van der Waals surface area contributed by atoms with Gasteiger partial charge in [0.2, 0.25) is 0 Å². The molecule has 2 rings (SSSR count). The monoisotopic (exact) mass is 191 g/mol. The number of aromatic nitrogens is 1. The van der Waals surface area contributed by atoms with Crippen LogP contribution in [0.1, 0.15) is 10.4 Å². The maximum atomic E-state index is 12.7. The van der Waals surface area contributed by atoms with Gasteiger partial charge in [-0.1, -0.05) is 0 Å². The average Bonchev–Trinajstić information content (AvgIpc) is 2.16. The third-order valence-corrected chi connectivity index (χ3v) is 1.89. The van der Waals surface area contributed by atoms with E-state index in [4.69, 9.17) is 5.11 Å². The van der Waals surface area contributed by atoms with Crippen LogP contribution in [0.2, 0.25) is 0 Å². The summed E-state index contributed by atoms with van der Waals surface area (Å²) in [6, 6.07) is 5.50. The fourth-order valence-corrected chi connectivity index (χ4v) is 1.21. The van der Waals surface area contributed by atoms with E-state index in [-0.39, 0.29) is 11.4 Å². The van der Waals surface area contributed by atoms with Crippen molar-refractivity contribution in [2.75, 3.05) is 0 Å². The highest BCUT2D eigenvalue weighted by molar-refractivity contribution is 5.92. The Kier molecular flexibility index (Phi) is 1.89. The molecule has 0 spiro atoms. The lowest BCUT2D eigenvalue weighted by Gasteiger charge is -1.98. The maximum absolute atomic E-state index is 12.7. The lowest BCUT2D eigenvalue weighted by atomic mass is 10.1. The van der Waals surface area contributed by atoms with Gasteiger partial charge in [0.25, 0.3) is 0 Å².